The zero-order valence-electron chi connectivity index (χ0n) is 17.8. The zero-order valence-corrected chi connectivity index (χ0v) is 18.6. The van der Waals surface area contributed by atoms with Crippen molar-refractivity contribution >= 4 is 29.1 Å². The number of benzene rings is 2. The van der Waals surface area contributed by atoms with Crippen molar-refractivity contribution in [3.63, 3.8) is 0 Å². The Labute approximate surface area is 187 Å². The number of nitrogens with zero attached hydrogens (tertiary/aromatic N) is 1. The van der Waals surface area contributed by atoms with Crippen molar-refractivity contribution in [2.24, 2.45) is 0 Å². The quantitative estimate of drug-likeness (QED) is 0.736. The first-order valence-corrected chi connectivity index (χ1v) is 11.0. The first-order valence-electron chi connectivity index (χ1n) is 10.6. The molecule has 2 aromatic rings. The van der Waals surface area contributed by atoms with Crippen LogP contribution in [-0.2, 0) is 20.7 Å². The van der Waals surface area contributed by atoms with Crippen LogP contribution in [0, 0.1) is 13.8 Å². The maximum atomic E-state index is 13.3. The third-order valence-electron chi connectivity index (χ3n) is 5.95. The van der Waals surface area contributed by atoms with E-state index in [0.29, 0.717) is 30.3 Å². The van der Waals surface area contributed by atoms with E-state index in [0.717, 1.165) is 35.2 Å². The van der Waals surface area contributed by atoms with Gasteiger partial charge in [-0.2, -0.15) is 0 Å². The number of amides is 2. The molecule has 0 spiro atoms. The number of hydrogen-bond acceptors (Lipinski definition) is 4. The van der Waals surface area contributed by atoms with E-state index in [9.17, 15) is 9.59 Å². The maximum Gasteiger partial charge on any atom is 0.264 e. The summed E-state index contributed by atoms with van der Waals surface area (Å²) in [6.07, 6.45) is 1.56. The summed E-state index contributed by atoms with van der Waals surface area (Å²) >= 11 is 6.08. The first-order chi connectivity index (χ1) is 14.9. The van der Waals surface area contributed by atoms with Crippen LogP contribution in [0.1, 0.15) is 29.5 Å². The van der Waals surface area contributed by atoms with Crippen LogP contribution in [0.15, 0.2) is 36.4 Å². The van der Waals surface area contributed by atoms with E-state index in [2.05, 4.69) is 5.32 Å². The number of rotatable bonds is 6. The minimum absolute atomic E-state index is 0.0525. The number of fused-ring (bicyclic) bond motifs is 1. The predicted molar refractivity (Wildman–Crippen MR) is 120 cm³/mol. The number of carbonyl (C=O) groups is 2. The van der Waals surface area contributed by atoms with Crippen LogP contribution in [0.2, 0.25) is 5.02 Å². The predicted octanol–water partition coefficient (Wildman–Crippen LogP) is 3.91. The van der Waals surface area contributed by atoms with Crippen LogP contribution in [-0.4, -0.2) is 48.6 Å². The molecule has 0 radical (unpaired) electrons. The number of halogens is 1. The van der Waals surface area contributed by atoms with E-state index in [4.69, 9.17) is 21.1 Å². The molecule has 1 saturated heterocycles. The van der Waals surface area contributed by atoms with Crippen LogP contribution in [0.4, 0.5) is 5.69 Å². The molecular weight excluding hydrogens is 416 g/mol. The van der Waals surface area contributed by atoms with Crippen molar-refractivity contribution in [2.45, 2.75) is 45.3 Å². The average Bonchev–Trinajstić information content (AvgIpc) is 3.39. The van der Waals surface area contributed by atoms with Gasteiger partial charge in [-0.25, -0.2) is 0 Å². The Hall–Kier alpha value is -2.57. The molecule has 164 valence electrons. The van der Waals surface area contributed by atoms with Gasteiger partial charge < -0.3 is 19.7 Å². The molecule has 2 atom stereocenters. The van der Waals surface area contributed by atoms with E-state index in [1.165, 1.54) is 0 Å². The van der Waals surface area contributed by atoms with Gasteiger partial charge in [-0.1, -0.05) is 23.7 Å². The number of nitrogens with one attached hydrogen (secondary N) is 1. The second-order valence-electron chi connectivity index (χ2n) is 8.21. The molecule has 0 aliphatic carbocycles. The fraction of sp³-hybridized carbons (Fsp3) is 0.417. The molecule has 0 saturated carbocycles. The van der Waals surface area contributed by atoms with Crippen LogP contribution in [0.5, 0.6) is 5.75 Å². The lowest BCUT2D eigenvalue weighted by Crippen LogP contribution is -2.48. The smallest absolute Gasteiger partial charge is 0.264 e. The van der Waals surface area contributed by atoms with Gasteiger partial charge in [-0.15, -0.1) is 0 Å². The molecule has 0 bridgehead atoms. The third-order valence-corrected chi connectivity index (χ3v) is 6.18. The Morgan fingerprint density at radius 1 is 1.23 bits per heavy atom. The Kier molecular flexibility index (Phi) is 6.49. The van der Waals surface area contributed by atoms with Crippen molar-refractivity contribution in [2.75, 3.05) is 25.0 Å². The Morgan fingerprint density at radius 2 is 2.06 bits per heavy atom. The number of ether oxygens (including phenoxy) is 2. The third kappa shape index (κ3) is 5.02. The summed E-state index contributed by atoms with van der Waals surface area (Å²) in [5.74, 6) is 0.220. The number of carbonyl (C=O) groups excluding carboxylic acids is 2. The highest BCUT2D eigenvalue weighted by Crippen LogP contribution is 2.32. The highest BCUT2D eigenvalue weighted by molar-refractivity contribution is 6.30. The normalized spacial score (nSPS) is 19.6. The molecule has 1 fully saturated rings. The minimum atomic E-state index is -0.664. The standard InChI is InChI=1S/C24H27ClN2O4/c1-15-5-3-7-20(16(15)2)26-23(28)14-27(13-19-6-4-10-30-19)24(29)22-12-17-11-18(25)8-9-21(17)31-22/h3,5,7-9,11,19,22H,4,6,10,12-14H2,1-2H3,(H,26,28)/t19-,22+/m0/s1. The molecule has 7 heteroatoms. The largest absolute Gasteiger partial charge is 0.480 e. The van der Waals surface area contributed by atoms with Gasteiger partial charge in [-0.05, 0) is 67.6 Å². The van der Waals surface area contributed by atoms with Gasteiger partial charge in [0.25, 0.3) is 5.91 Å². The van der Waals surface area contributed by atoms with E-state index < -0.39 is 6.10 Å². The maximum absolute atomic E-state index is 13.3. The number of hydrogen-bond donors (Lipinski definition) is 1. The second-order valence-corrected chi connectivity index (χ2v) is 8.65. The molecule has 31 heavy (non-hydrogen) atoms. The van der Waals surface area contributed by atoms with Gasteiger partial charge in [0.05, 0.1) is 6.10 Å². The average molecular weight is 443 g/mol. The van der Waals surface area contributed by atoms with Gasteiger partial charge in [0.1, 0.15) is 12.3 Å². The molecule has 2 aliphatic heterocycles. The summed E-state index contributed by atoms with van der Waals surface area (Å²) in [5.41, 5.74) is 3.77. The Balaban J connectivity index is 1.47. The lowest BCUT2D eigenvalue weighted by molar-refractivity contribution is -0.142. The van der Waals surface area contributed by atoms with Gasteiger partial charge in [-0.3, -0.25) is 9.59 Å². The van der Waals surface area contributed by atoms with Gasteiger partial charge >= 0.3 is 0 Å². The number of aryl methyl sites for hydroxylation is 1. The monoisotopic (exact) mass is 442 g/mol. The van der Waals surface area contributed by atoms with E-state index in [1.807, 2.05) is 38.1 Å². The van der Waals surface area contributed by atoms with Crippen molar-refractivity contribution in [1.82, 2.24) is 4.90 Å². The molecule has 6 nitrogen and oxygen atoms in total. The highest BCUT2D eigenvalue weighted by atomic mass is 35.5. The van der Waals surface area contributed by atoms with Crippen molar-refractivity contribution < 1.29 is 19.1 Å². The molecule has 2 aliphatic rings. The fourth-order valence-corrected chi connectivity index (χ4v) is 4.27. The summed E-state index contributed by atoms with van der Waals surface area (Å²) in [7, 11) is 0. The molecule has 2 amide bonds. The fourth-order valence-electron chi connectivity index (χ4n) is 4.07. The summed E-state index contributed by atoms with van der Waals surface area (Å²) in [5, 5.41) is 3.56. The molecule has 1 N–H and O–H groups in total. The topological polar surface area (TPSA) is 67.9 Å². The van der Waals surface area contributed by atoms with Crippen molar-refractivity contribution in [1.29, 1.82) is 0 Å². The SMILES string of the molecule is Cc1cccc(NC(=O)CN(C[C@@H]2CCCO2)C(=O)[C@H]2Cc3cc(Cl)ccc3O2)c1C. The molecule has 2 heterocycles. The van der Waals surface area contributed by atoms with E-state index in [-0.39, 0.29) is 24.5 Å². The molecule has 2 aromatic carbocycles. The summed E-state index contributed by atoms with van der Waals surface area (Å²) in [4.78, 5) is 27.7. The van der Waals surface area contributed by atoms with E-state index >= 15 is 0 Å². The first kappa shape index (κ1) is 21.7. The lowest BCUT2D eigenvalue weighted by Gasteiger charge is -2.27. The molecular formula is C24H27ClN2O4. The second kappa shape index (κ2) is 9.28. The molecule has 0 unspecified atom stereocenters. The number of anilines is 1. The summed E-state index contributed by atoms with van der Waals surface area (Å²) in [6, 6.07) is 11.1. The van der Waals surface area contributed by atoms with Crippen molar-refractivity contribution in [3.8, 4) is 5.75 Å². The van der Waals surface area contributed by atoms with E-state index in [1.54, 1.807) is 17.0 Å². The zero-order chi connectivity index (χ0) is 22.0. The van der Waals surface area contributed by atoms with Gasteiger partial charge in [0, 0.05) is 30.3 Å². The van der Waals surface area contributed by atoms with Gasteiger partial charge in [0.2, 0.25) is 5.91 Å². The lowest BCUT2D eigenvalue weighted by atomic mass is 10.1. The van der Waals surface area contributed by atoms with Crippen LogP contribution >= 0.6 is 11.6 Å². The van der Waals surface area contributed by atoms with Gasteiger partial charge in [0.15, 0.2) is 6.10 Å². The highest BCUT2D eigenvalue weighted by Gasteiger charge is 2.35. The minimum Gasteiger partial charge on any atom is -0.480 e. The Bertz CT molecular complexity index is 988. The molecule has 0 aromatic heterocycles. The Morgan fingerprint density at radius 3 is 2.84 bits per heavy atom. The van der Waals surface area contributed by atoms with Crippen LogP contribution in [0.25, 0.3) is 0 Å². The van der Waals surface area contributed by atoms with Crippen molar-refractivity contribution in [3.05, 3.63) is 58.1 Å². The van der Waals surface area contributed by atoms with Crippen LogP contribution < -0.4 is 10.1 Å². The molecule has 4 rings (SSSR count). The summed E-state index contributed by atoms with van der Waals surface area (Å²) in [6.45, 7) is 4.97. The summed E-state index contributed by atoms with van der Waals surface area (Å²) < 4.78 is 11.6. The van der Waals surface area contributed by atoms with Crippen LogP contribution in [0.3, 0.4) is 0 Å².